The number of halogens is 2. The topological polar surface area (TPSA) is 46.3 Å². The minimum absolute atomic E-state index is 0.00657. The van der Waals surface area contributed by atoms with E-state index in [9.17, 15) is 9.18 Å². The van der Waals surface area contributed by atoms with Crippen molar-refractivity contribution < 1.29 is 9.18 Å². The molecule has 0 aliphatic heterocycles. The number of likely N-dealkylation sites (N-methyl/N-ethyl adjacent to an activating group) is 1. The molecule has 18 heavy (non-hydrogen) atoms. The Morgan fingerprint density at radius 2 is 2.22 bits per heavy atom. The van der Waals surface area contributed by atoms with Crippen molar-refractivity contribution in [3.63, 3.8) is 0 Å². The molecular weight excluding hydrogens is 299 g/mol. The van der Waals surface area contributed by atoms with E-state index in [0.29, 0.717) is 25.1 Å². The van der Waals surface area contributed by atoms with Crippen molar-refractivity contribution in [3.8, 4) is 0 Å². The first kappa shape index (κ1) is 15.1. The first-order valence-electron chi connectivity index (χ1n) is 5.84. The van der Waals surface area contributed by atoms with Gasteiger partial charge in [-0.15, -0.1) is 0 Å². The van der Waals surface area contributed by atoms with Crippen LogP contribution in [0, 0.1) is 11.7 Å². The fraction of sp³-hybridized carbons (Fsp3) is 0.462. The number of nitrogens with two attached hydrogens (primary N) is 1. The first-order valence-corrected chi connectivity index (χ1v) is 6.64. The number of hydrogen-bond acceptors (Lipinski definition) is 2. The van der Waals surface area contributed by atoms with Gasteiger partial charge in [-0.25, -0.2) is 4.39 Å². The SMILES string of the molecule is CC(CN)C(=O)N(C)CCc1cc(Br)ccc1F. The molecule has 5 heteroatoms. The average molecular weight is 317 g/mol. The van der Waals surface area contributed by atoms with Crippen molar-refractivity contribution in [2.45, 2.75) is 13.3 Å². The van der Waals surface area contributed by atoms with Crippen LogP contribution in [0.2, 0.25) is 0 Å². The summed E-state index contributed by atoms with van der Waals surface area (Å²) in [5, 5.41) is 0. The van der Waals surface area contributed by atoms with Crippen LogP contribution in [0.25, 0.3) is 0 Å². The van der Waals surface area contributed by atoms with Crippen LogP contribution in [-0.4, -0.2) is 30.9 Å². The van der Waals surface area contributed by atoms with Crippen molar-refractivity contribution in [2.24, 2.45) is 11.7 Å². The summed E-state index contributed by atoms with van der Waals surface area (Å²) in [5.41, 5.74) is 6.05. The highest BCUT2D eigenvalue weighted by atomic mass is 79.9. The van der Waals surface area contributed by atoms with Crippen LogP contribution in [0.1, 0.15) is 12.5 Å². The van der Waals surface area contributed by atoms with Crippen molar-refractivity contribution in [3.05, 3.63) is 34.1 Å². The molecule has 1 aromatic rings. The van der Waals surface area contributed by atoms with Gasteiger partial charge in [0.05, 0.1) is 0 Å². The lowest BCUT2D eigenvalue weighted by molar-refractivity contribution is -0.133. The summed E-state index contributed by atoms with van der Waals surface area (Å²) in [6.07, 6.45) is 0.491. The van der Waals surface area contributed by atoms with E-state index in [-0.39, 0.29) is 17.6 Å². The Bertz CT molecular complexity index is 425. The lowest BCUT2D eigenvalue weighted by Crippen LogP contribution is -2.36. The van der Waals surface area contributed by atoms with E-state index in [1.807, 2.05) is 0 Å². The molecule has 0 bridgehead atoms. The van der Waals surface area contributed by atoms with Crippen LogP contribution < -0.4 is 5.73 Å². The fourth-order valence-electron chi connectivity index (χ4n) is 1.61. The van der Waals surface area contributed by atoms with E-state index in [0.717, 1.165) is 4.47 Å². The van der Waals surface area contributed by atoms with Crippen molar-refractivity contribution in [2.75, 3.05) is 20.1 Å². The number of amides is 1. The average Bonchev–Trinajstić information content (AvgIpc) is 2.37. The Morgan fingerprint density at radius 1 is 1.56 bits per heavy atom. The second kappa shape index (κ2) is 6.85. The molecule has 0 saturated carbocycles. The highest BCUT2D eigenvalue weighted by Gasteiger charge is 2.16. The maximum absolute atomic E-state index is 13.5. The third-order valence-electron chi connectivity index (χ3n) is 2.88. The van der Waals surface area contributed by atoms with Gasteiger partial charge < -0.3 is 10.6 Å². The van der Waals surface area contributed by atoms with Crippen LogP contribution in [-0.2, 0) is 11.2 Å². The molecule has 0 aliphatic rings. The van der Waals surface area contributed by atoms with Gasteiger partial charge in [0.1, 0.15) is 5.82 Å². The molecule has 0 saturated heterocycles. The summed E-state index contributed by atoms with van der Waals surface area (Å²) in [6.45, 7) is 2.60. The summed E-state index contributed by atoms with van der Waals surface area (Å²) in [5.74, 6) is -0.443. The smallest absolute Gasteiger partial charge is 0.226 e. The van der Waals surface area contributed by atoms with Crippen LogP contribution in [0.5, 0.6) is 0 Å². The zero-order valence-corrected chi connectivity index (χ0v) is 12.2. The van der Waals surface area contributed by atoms with Gasteiger partial charge in [-0.05, 0) is 30.2 Å². The lowest BCUT2D eigenvalue weighted by Gasteiger charge is -2.20. The van der Waals surface area contributed by atoms with Crippen molar-refractivity contribution in [1.29, 1.82) is 0 Å². The van der Waals surface area contributed by atoms with Crippen molar-refractivity contribution >= 4 is 21.8 Å². The molecular formula is C13H18BrFN2O. The van der Waals surface area contributed by atoms with Gasteiger partial charge in [0.2, 0.25) is 5.91 Å². The van der Waals surface area contributed by atoms with E-state index in [2.05, 4.69) is 15.9 Å². The Hall–Kier alpha value is -0.940. The number of carbonyl (C=O) groups is 1. The van der Waals surface area contributed by atoms with Crippen LogP contribution in [0.15, 0.2) is 22.7 Å². The Labute approximate surface area is 115 Å². The third-order valence-corrected chi connectivity index (χ3v) is 3.37. The molecule has 0 aliphatic carbocycles. The predicted molar refractivity (Wildman–Crippen MR) is 73.7 cm³/mol. The van der Waals surface area contributed by atoms with Gasteiger partial charge in [-0.1, -0.05) is 22.9 Å². The van der Waals surface area contributed by atoms with Gasteiger partial charge in [0, 0.05) is 30.5 Å². The monoisotopic (exact) mass is 316 g/mol. The zero-order chi connectivity index (χ0) is 13.7. The molecule has 0 fully saturated rings. The highest BCUT2D eigenvalue weighted by molar-refractivity contribution is 9.10. The van der Waals surface area contributed by atoms with Gasteiger partial charge in [0.25, 0.3) is 0 Å². The number of carbonyl (C=O) groups excluding carboxylic acids is 1. The first-order chi connectivity index (χ1) is 8.45. The second-order valence-corrected chi connectivity index (χ2v) is 5.30. The standard InChI is InChI=1S/C13H18BrFN2O/c1-9(8-16)13(18)17(2)6-5-10-7-11(14)3-4-12(10)15/h3-4,7,9H,5-6,8,16H2,1-2H3. The number of nitrogens with zero attached hydrogens (tertiary/aromatic N) is 1. The molecule has 0 radical (unpaired) electrons. The normalized spacial score (nSPS) is 12.3. The molecule has 100 valence electrons. The zero-order valence-electron chi connectivity index (χ0n) is 10.6. The summed E-state index contributed by atoms with van der Waals surface area (Å²) in [4.78, 5) is 13.4. The summed E-state index contributed by atoms with van der Waals surface area (Å²) >= 11 is 3.30. The Morgan fingerprint density at radius 3 is 2.83 bits per heavy atom. The molecule has 3 nitrogen and oxygen atoms in total. The fourth-order valence-corrected chi connectivity index (χ4v) is 2.02. The molecule has 1 rings (SSSR count). The summed E-state index contributed by atoms with van der Waals surface area (Å²) in [7, 11) is 1.71. The van der Waals surface area contributed by atoms with Crippen LogP contribution in [0.3, 0.4) is 0 Å². The van der Waals surface area contributed by atoms with E-state index in [1.165, 1.54) is 6.07 Å². The van der Waals surface area contributed by atoms with E-state index >= 15 is 0 Å². The summed E-state index contributed by atoms with van der Waals surface area (Å²) in [6, 6.07) is 4.81. The maximum Gasteiger partial charge on any atom is 0.226 e. The van der Waals surface area contributed by atoms with E-state index in [4.69, 9.17) is 5.73 Å². The number of hydrogen-bond donors (Lipinski definition) is 1. The van der Waals surface area contributed by atoms with E-state index < -0.39 is 0 Å². The quantitative estimate of drug-likeness (QED) is 0.905. The molecule has 1 unspecified atom stereocenters. The molecule has 1 aromatic carbocycles. The van der Waals surface area contributed by atoms with Gasteiger partial charge in [0.15, 0.2) is 0 Å². The minimum Gasteiger partial charge on any atom is -0.345 e. The maximum atomic E-state index is 13.5. The van der Waals surface area contributed by atoms with Gasteiger partial charge in [-0.3, -0.25) is 4.79 Å². The largest absolute Gasteiger partial charge is 0.345 e. The van der Waals surface area contributed by atoms with Crippen molar-refractivity contribution in [1.82, 2.24) is 4.90 Å². The molecule has 2 N–H and O–H groups in total. The molecule has 0 spiro atoms. The van der Waals surface area contributed by atoms with Gasteiger partial charge in [-0.2, -0.15) is 0 Å². The number of rotatable bonds is 5. The second-order valence-electron chi connectivity index (χ2n) is 4.38. The molecule has 1 amide bonds. The Kier molecular flexibility index (Phi) is 5.75. The van der Waals surface area contributed by atoms with Gasteiger partial charge >= 0.3 is 0 Å². The van der Waals surface area contributed by atoms with Crippen LogP contribution >= 0.6 is 15.9 Å². The van der Waals surface area contributed by atoms with E-state index in [1.54, 1.807) is 31.0 Å². The van der Waals surface area contributed by atoms with Crippen LogP contribution in [0.4, 0.5) is 4.39 Å². The lowest BCUT2D eigenvalue weighted by atomic mass is 10.1. The molecule has 1 atom stereocenters. The Balaban J connectivity index is 2.59. The number of benzene rings is 1. The summed E-state index contributed by atoms with van der Waals surface area (Å²) < 4.78 is 14.3. The highest BCUT2D eigenvalue weighted by Crippen LogP contribution is 2.16. The molecule has 0 heterocycles. The third kappa shape index (κ3) is 4.07. The molecule has 0 aromatic heterocycles. The minimum atomic E-state index is -0.245. The predicted octanol–water partition coefficient (Wildman–Crippen LogP) is 2.18.